The van der Waals surface area contributed by atoms with Gasteiger partial charge in [-0.3, -0.25) is 4.57 Å². The van der Waals surface area contributed by atoms with E-state index in [1.807, 2.05) is 25.1 Å². The van der Waals surface area contributed by atoms with E-state index in [1.54, 1.807) is 4.57 Å². The molecule has 1 aromatic heterocycles. The Morgan fingerprint density at radius 2 is 1.95 bits per heavy atom. The number of halogens is 3. The minimum Gasteiger partial charge on any atom is -0.328 e. The lowest BCUT2D eigenvalue weighted by Gasteiger charge is -2.08. The molecule has 0 bridgehead atoms. The quantitative estimate of drug-likeness (QED) is 0.607. The van der Waals surface area contributed by atoms with Crippen LogP contribution in [0.1, 0.15) is 5.56 Å². The van der Waals surface area contributed by atoms with Gasteiger partial charge in [-0.15, -0.1) is 0 Å². The van der Waals surface area contributed by atoms with Crippen LogP contribution in [0.25, 0.3) is 16.7 Å². The molecular weight excluding hydrogens is 346 g/mol. The number of aromatic amines is 1. The summed E-state index contributed by atoms with van der Waals surface area (Å²) in [4.78, 5) is 2.78. The summed E-state index contributed by atoms with van der Waals surface area (Å²) in [5.41, 5.74) is 2.38. The number of H-pyrrole nitrogens is 1. The van der Waals surface area contributed by atoms with Gasteiger partial charge in [0.1, 0.15) is 11.3 Å². The van der Waals surface area contributed by atoms with E-state index >= 15 is 0 Å². The van der Waals surface area contributed by atoms with Gasteiger partial charge in [0.05, 0.1) is 11.2 Å². The second-order valence-corrected chi connectivity index (χ2v) is 5.74. The first-order valence-electron chi connectivity index (χ1n) is 5.83. The molecule has 0 aliphatic rings. The van der Waals surface area contributed by atoms with Gasteiger partial charge in [0, 0.05) is 16.6 Å². The van der Waals surface area contributed by atoms with E-state index in [4.69, 9.17) is 12.2 Å². The fraction of sp³-hybridized carbons (Fsp3) is 0.0714. The maximum Gasteiger partial charge on any atom is 0.182 e. The van der Waals surface area contributed by atoms with Gasteiger partial charge >= 0.3 is 0 Å². The number of fused-ring (bicyclic) bond motifs is 1. The van der Waals surface area contributed by atoms with Crippen LogP contribution < -0.4 is 0 Å². The monoisotopic (exact) mass is 354 g/mol. The lowest BCUT2D eigenvalue weighted by molar-refractivity contribution is 0.590. The number of hydrogen-bond donors (Lipinski definition) is 1. The fourth-order valence-corrected chi connectivity index (χ4v) is 3.13. The van der Waals surface area contributed by atoms with Gasteiger partial charge in [0.25, 0.3) is 0 Å². The SMILES string of the molecule is Cc1ccc(-n2c(=S)[nH]c3c(F)cc(F)cc32)c(Br)c1. The summed E-state index contributed by atoms with van der Waals surface area (Å²) in [6, 6.07) is 7.78. The Morgan fingerprint density at radius 1 is 1.20 bits per heavy atom. The normalized spacial score (nSPS) is 11.2. The molecule has 0 aliphatic heterocycles. The summed E-state index contributed by atoms with van der Waals surface area (Å²) in [5.74, 6) is -1.30. The minimum absolute atomic E-state index is 0.198. The van der Waals surface area contributed by atoms with E-state index in [1.165, 1.54) is 6.07 Å². The molecule has 0 saturated carbocycles. The molecule has 0 fully saturated rings. The van der Waals surface area contributed by atoms with Crippen molar-refractivity contribution in [3.8, 4) is 5.69 Å². The minimum atomic E-state index is -0.659. The Bertz CT molecular complexity index is 883. The highest BCUT2D eigenvalue weighted by molar-refractivity contribution is 9.10. The van der Waals surface area contributed by atoms with Gasteiger partial charge in [-0.1, -0.05) is 6.07 Å². The molecule has 0 radical (unpaired) electrons. The zero-order valence-electron chi connectivity index (χ0n) is 10.4. The van der Waals surface area contributed by atoms with Crippen LogP contribution in [-0.4, -0.2) is 9.55 Å². The van der Waals surface area contributed by atoms with Crippen molar-refractivity contribution in [1.29, 1.82) is 0 Å². The lowest BCUT2D eigenvalue weighted by Crippen LogP contribution is -1.96. The predicted molar refractivity (Wildman–Crippen MR) is 80.8 cm³/mol. The van der Waals surface area contributed by atoms with Gasteiger partial charge in [-0.05, 0) is 52.8 Å². The summed E-state index contributed by atoms with van der Waals surface area (Å²) >= 11 is 8.68. The van der Waals surface area contributed by atoms with Crippen LogP contribution in [0.3, 0.4) is 0 Å². The standard InChI is InChI=1S/C14H9BrF2N2S/c1-7-2-3-11(9(15)4-7)19-12-6-8(16)5-10(17)13(12)18-14(19)20/h2-6H,1H3,(H,18,20). The van der Waals surface area contributed by atoms with Crippen LogP contribution in [0.5, 0.6) is 0 Å². The van der Waals surface area contributed by atoms with Gasteiger partial charge in [-0.25, -0.2) is 8.78 Å². The number of aromatic nitrogens is 2. The average molecular weight is 355 g/mol. The first-order valence-corrected chi connectivity index (χ1v) is 7.04. The molecule has 0 atom stereocenters. The van der Waals surface area contributed by atoms with Gasteiger partial charge in [-0.2, -0.15) is 0 Å². The van der Waals surface area contributed by atoms with Crippen molar-refractivity contribution in [3.63, 3.8) is 0 Å². The zero-order valence-corrected chi connectivity index (χ0v) is 12.8. The number of nitrogens with zero attached hydrogens (tertiary/aromatic N) is 1. The summed E-state index contributed by atoms with van der Waals surface area (Å²) in [5, 5.41) is 0. The molecule has 1 N–H and O–H groups in total. The molecule has 3 aromatic rings. The maximum atomic E-state index is 13.8. The number of rotatable bonds is 1. The van der Waals surface area contributed by atoms with Crippen molar-refractivity contribution < 1.29 is 8.78 Å². The highest BCUT2D eigenvalue weighted by atomic mass is 79.9. The van der Waals surface area contributed by atoms with Crippen molar-refractivity contribution in [2.24, 2.45) is 0 Å². The fourth-order valence-electron chi connectivity index (χ4n) is 2.16. The number of aryl methyl sites for hydroxylation is 1. The van der Waals surface area contributed by atoms with Crippen molar-refractivity contribution in [2.45, 2.75) is 6.92 Å². The van der Waals surface area contributed by atoms with Crippen molar-refractivity contribution >= 4 is 39.2 Å². The third-order valence-electron chi connectivity index (χ3n) is 3.05. The average Bonchev–Trinajstić information content (AvgIpc) is 2.67. The van der Waals surface area contributed by atoms with E-state index in [0.717, 1.165) is 21.8 Å². The maximum absolute atomic E-state index is 13.8. The van der Waals surface area contributed by atoms with E-state index in [0.29, 0.717) is 10.3 Å². The number of nitrogens with one attached hydrogen (secondary N) is 1. The number of imidazole rings is 1. The third-order valence-corrected chi connectivity index (χ3v) is 3.97. The molecular formula is C14H9BrF2N2S. The largest absolute Gasteiger partial charge is 0.328 e. The first kappa shape index (κ1) is 13.5. The van der Waals surface area contributed by atoms with E-state index < -0.39 is 11.6 Å². The molecule has 0 unspecified atom stereocenters. The Kier molecular flexibility index (Phi) is 3.22. The van der Waals surface area contributed by atoms with Crippen molar-refractivity contribution in [3.05, 3.63) is 56.8 Å². The van der Waals surface area contributed by atoms with Gasteiger partial charge in [0.15, 0.2) is 10.6 Å². The molecule has 1 heterocycles. The third kappa shape index (κ3) is 2.09. The Balaban J connectivity index is 2.42. The second kappa shape index (κ2) is 4.79. The topological polar surface area (TPSA) is 20.7 Å². The van der Waals surface area contributed by atoms with Crippen LogP contribution in [-0.2, 0) is 0 Å². The van der Waals surface area contributed by atoms with Crippen molar-refractivity contribution in [2.75, 3.05) is 0 Å². The van der Waals surface area contributed by atoms with Crippen LogP contribution >= 0.6 is 28.1 Å². The van der Waals surface area contributed by atoms with Gasteiger partial charge < -0.3 is 4.98 Å². The smallest absolute Gasteiger partial charge is 0.182 e. The Labute approximate surface area is 127 Å². The summed E-state index contributed by atoms with van der Waals surface area (Å²) < 4.78 is 30.0. The molecule has 0 spiro atoms. The summed E-state index contributed by atoms with van der Waals surface area (Å²) in [6.45, 7) is 1.96. The molecule has 2 aromatic carbocycles. The van der Waals surface area contributed by atoms with E-state index in [2.05, 4.69) is 20.9 Å². The molecule has 0 aliphatic carbocycles. The van der Waals surface area contributed by atoms with Crippen LogP contribution in [0, 0.1) is 23.3 Å². The summed E-state index contributed by atoms with van der Waals surface area (Å²) in [6.07, 6.45) is 0. The van der Waals surface area contributed by atoms with Crippen LogP contribution in [0.15, 0.2) is 34.8 Å². The first-order chi connectivity index (χ1) is 9.47. The van der Waals surface area contributed by atoms with Crippen LogP contribution in [0.2, 0.25) is 0 Å². The van der Waals surface area contributed by atoms with Crippen LogP contribution in [0.4, 0.5) is 8.78 Å². The number of benzene rings is 2. The van der Waals surface area contributed by atoms with Gasteiger partial charge in [0.2, 0.25) is 0 Å². The molecule has 0 saturated heterocycles. The lowest BCUT2D eigenvalue weighted by atomic mass is 10.2. The Morgan fingerprint density at radius 3 is 2.65 bits per heavy atom. The van der Waals surface area contributed by atoms with E-state index in [-0.39, 0.29) is 5.52 Å². The second-order valence-electron chi connectivity index (χ2n) is 4.50. The highest BCUT2D eigenvalue weighted by Gasteiger charge is 2.14. The number of hydrogen-bond acceptors (Lipinski definition) is 1. The van der Waals surface area contributed by atoms with E-state index in [9.17, 15) is 8.78 Å². The molecule has 3 rings (SSSR count). The van der Waals surface area contributed by atoms with Crippen molar-refractivity contribution in [1.82, 2.24) is 9.55 Å². The molecule has 20 heavy (non-hydrogen) atoms. The predicted octanol–water partition coefficient (Wildman–Crippen LogP) is 5.04. The molecule has 102 valence electrons. The molecule has 6 heteroatoms. The molecule has 0 amide bonds. The summed E-state index contributed by atoms with van der Waals surface area (Å²) in [7, 11) is 0. The highest BCUT2D eigenvalue weighted by Crippen LogP contribution is 2.28. The molecule has 2 nitrogen and oxygen atoms in total. The zero-order chi connectivity index (χ0) is 14.4. The Hall–Kier alpha value is -1.53.